The van der Waals surface area contributed by atoms with E-state index in [1.54, 1.807) is 18.2 Å². The monoisotopic (exact) mass is 380 g/mol. The Kier molecular flexibility index (Phi) is 8.67. The Morgan fingerprint density at radius 3 is 2.61 bits per heavy atom. The Balaban J connectivity index is 1.86. The molecule has 2 rings (SSSR count). The third-order valence-electron chi connectivity index (χ3n) is 4.36. The number of aromatic nitrogens is 1. The Hall–Kier alpha value is -2.68. The number of aliphatic hydroxyl groups excluding tert-OH is 1. The third kappa shape index (κ3) is 7.15. The molecule has 0 fully saturated rings. The number of aliphatic hydroxyl groups is 2. The molecule has 1 atom stereocenters. The lowest BCUT2D eigenvalue weighted by atomic mass is 10.0. The van der Waals surface area contributed by atoms with E-state index in [4.69, 9.17) is 0 Å². The van der Waals surface area contributed by atoms with Crippen molar-refractivity contribution in [2.45, 2.75) is 51.2 Å². The Bertz CT molecular complexity index is 811. The van der Waals surface area contributed by atoms with Gasteiger partial charge in [0.15, 0.2) is 5.72 Å². The van der Waals surface area contributed by atoms with E-state index in [0.717, 1.165) is 32.1 Å². The Morgan fingerprint density at radius 2 is 1.89 bits per heavy atom. The van der Waals surface area contributed by atoms with Crippen molar-refractivity contribution >= 4 is 5.91 Å². The number of carbonyl (C=O) groups excluding carboxylic acids is 1. The van der Waals surface area contributed by atoms with Gasteiger partial charge in [0.1, 0.15) is 5.69 Å². The fourth-order valence-electron chi connectivity index (χ4n) is 2.96. The fraction of sp³-hybridized carbons (Fsp3) is 0.391. The minimum absolute atomic E-state index is 0.0438. The van der Waals surface area contributed by atoms with Crippen LogP contribution in [-0.2, 0) is 16.9 Å². The number of carbonyl (C=O) groups is 1. The molecule has 5 nitrogen and oxygen atoms in total. The first kappa shape index (κ1) is 21.6. The first-order valence-electron chi connectivity index (χ1n) is 9.66. The number of benzene rings is 1. The summed E-state index contributed by atoms with van der Waals surface area (Å²) in [6.45, 7) is 1.03. The highest BCUT2D eigenvalue weighted by atomic mass is 16.3. The minimum Gasteiger partial charge on any atom is -0.396 e. The van der Waals surface area contributed by atoms with Crippen LogP contribution in [0.1, 0.15) is 56.0 Å². The molecule has 1 aromatic carbocycles. The predicted octanol–water partition coefficient (Wildman–Crippen LogP) is 2.90. The lowest BCUT2D eigenvalue weighted by Crippen LogP contribution is -2.46. The third-order valence-corrected chi connectivity index (χ3v) is 4.36. The zero-order valence-electron chi connectivity index (χ0n) is 16.3. The van der Waals surface area contributed by atoms with Crippen LogP contribution in [0.4, 0.5) is 0 Å². The maximum Gasteiger partial charge on any atom is 0.219 e. The quantitative estimate of drug-likeness (QED) is 0.355. The van der Waals surface area contributed by atoms with E-state index < -0.39 is 11.6 Å². The van der Waals surface area contributed by atoms with Gasteiger partial charge in [-0.15, -0.1) is 0 Å². The number of hydrogen-bond donors (Lipinski definition) is 3. The van der Waals surface area contributed by atoms with Crippen molar-refractivity contribution < 1.29 is 15.0 Å². The summed E-state index contributed by atoms with van der Waals surface area (Å²) in [4.78, 5) is 15.7. The number of rotatable bonds is 9. The van der Waals surface area contributed by atoms with E-state index in [9.17, 15) is 15.0 Å². The zero-order valence-corrected chi connectivity index (χ0v) is 16.3. The van der Waals surface area contributed by atoms with Crippen LogP contribution in [0.3, 0.4) is 0 Å². The van der Waals surface area contributed by atoms with Crippen molar-refractivity contribution in [3.8, 4) is 11.8 Å². The highest BCUT2D eigenvalue weighted by Crippen LogP contribution is 2.20. The van der Waals surface area contributed by atoms with Gasteiger partial charge in [0.05, 0.1) is 5.69 Å². The van der Waals surface area contributed by atoms with Crippen LogP contribution in [-0.4, -0.2) is 27.7 Å². The summed E-state index contributed by atoms with van der Waals surface area (Å²) in [6.07, 6.45) is 5.12. The summed E-state index contributed by atoms with van der Waals surface area (Å²) in [6, 6.07) is 15.6. The Morgan fingerprint density at radius 1 is 1.11 bits per heavy atom. The molecular weight excluding hydrogens is 352 g/mol. The fourth-order valence-corrected chi connectivity index (χ4v) is 2.96. The van der Waals surface area contributed by atoms with Gasteiger partial charge in [-0.25, -0.2) is 4.98 Å². The number of pyridine rings is 1. The summed E-state index contributed by atoms with van der Waals surface area (Å²) in [5.74, 6) is 5.74. The first-order valence-corrected chi connectivity index (χ1v) is 9.66. The van der Waals surface area contributed by atoms with E-state index in [1.807, 2.05) is 6.07 Å². The molecule has 0 aliphatic heterocycles. The number of unbranched alkanes of at least 4 members (excludes halogenated alkanes) is 3. The second-order valence-electron chi connectivity index (χ2n) is 6.77. The maximum atomic E-state index is 11.4. The number of aryl methyl sites for hydroxylation is 1. The molecule has 2 aromatic rings. The smallest absolute Gasteiger partial charge is 0.219 e. The summed E-state index contributed by atoms with van der Waals surface area (Å²) in [7, 11) is 0. The molecule has 0 saturated heterocycles. The number of hydrogen-bond acceptors (Lipinski definition) is 4. The van der Waals surface area contributed by atoms with Crippen molar-refractivity contribution in [1.29, 1.82) is 0 Å². The van der Waals surface area contributed by atoms with E-state index in [0.29, 0.717) is 5.69 Å². The standard InChI is InChI=1S/C23H28N2O3/c1-19(27)25-23(28,17-18-26)22-16-10-15-21(24-22)14-9-4-2-3-6-11-20-12-7-5-8-13-20/h5,7-8,10,12-13,15-16,26,28H,2-4,6,11,17-18H2,1H3,(H,25,27). The summed E-state index contributed by atoms with van der Waals surface area (Å²) in [5, 5.41) is 22.3. The van der Waals surface area contributed by atoms with Crippen LogP contribution in [0.25, 0.3) is 0 Å². The normalized spacial score (nSPS) is 12.5. The average Bonchev–Trinajstić information content (AvgIpc) is 2.68. The van der Waals surface area contributed by atoms with Crippen LogP contribution >= 0.6 is 0 Å². The molecule has 0 aliphatic rings. The molecule has 1 amide bonds. The second kappa shape index (κ2) is 11.2. The number of amides is 1. The van der Waals surface area contributed by atoms with Crippen LogP contribution in [0, 0.1) is 11.8 Å². The predicted molar refractivity (Wildman–Crippen MR) is 109 cm³/mol. The summed E-state index contributed by atoms with van der Waals surface area (Å²) >= 11 is 0. The SMILES string of the molecule is CC(=O)NC(O)(CCO)c1cccc(C#CCCCCCc2ccccc2)n1. The van der Waals surface area contributed by atoms with Crippen molar-refractivity contribution in [1.82, 2.24) is 10.3 Å². The molecule has 148 valence electrons. The van der Waals surface area contributed by atoms with Gasteiger partial charge in [-0.3, -0.25) is 4.79 Å². The topological polar surface area (TPSA) is 82.5 Å². The zero-order chi connectivity index (χ0) is 20.2. The lowest BCUT2D eigenvalue weighted by Gasteiger charge is -2.27. The van der Waals surface area contributed by atoms with Gasteiger partial charge >= 0.3 is 0 Å². The van der Waals surface area contributed by atoms with Gasteiger partial charge in [0.25, 0.3) is 0 Å². The van der Waals surface area contributed by atoms with Crippen LogP contribution in [0.15, 0.2) is 48.5 Å². The maximum absolute atomic E-state index is 11.4. The van der Waals surface area contributed by atoms with Gasteiger partial charge in [-0.05, 0) is 42.9 Å². The molecule has 1 unspecified atom stereocenters. The molecule has 1 aromatic heterocycles. The molecule has 3 N–H and O–H groups in total. The second-order valence-corrected chi connectivity index (χ2v) is 6.77. The van der Waals surface area contributed by atoms with E-state index >= 15 is 0 Å². The van der Waals surface area contributed by atoms with Gasteiger partial charge in [0.2, 0.25) is 5.91 Å². The van der Waals surface area contributed by atoms with Gasteiger partial charge < -0.3 is 15.5 Å². The van der Waals surface area contributed by atoms with Crippen molar-refractivity contribution in [3.63, 3.8) is 0 Å². The summed E-state index contributed by atoms with van der Waals surface area (Å²) < 4.78 is 0. The van der Waals surface area contributed by atoms with Crippen LogP contribution in [0.2, 0.25) is 0 Å². The largest absolute Gasteiger partial charge is 0.396 e. The molecular formula is C23H28N2O3. The molecule has 0 spiro atoms. The average molecular weight is 380 g/mol. The van der Waals surface area contributed by atoms with Crippen molar-refractivity contribution in [2.24, 2.45) is 0 Å². The summed E-state index contributed by atoms with van der Waals surface area (Å²) in [5.41, 5.74) is 0.467. The van der Waals surface area contributed by atoms with Crippen LogP contribution < -0.4 is 5.32 Å². The molecule has 0 saturated carbocycles. The first-order chi connectivity index (χ1) is 13.5. The highest BCUT2D eigenvalue weighted by molar-refractivity contribution is 5.73. The molecule has 5 heteroatoms. The van der Waals surface area contributed by atoms with Crippen LogP contribution in [0.5, 0.6) is 0 Å². The Labute approximate surface area is 166 Å². The van der Waals surface area contributed by atoms with Gasteiger partial charge in [-0.2, -0.15) is 0 Å². The van der Waals surface area contributed by atoms with Crippen molar-refractivity contribution in [3.05, 3.63) is 65.5 Å². The molecule has 0 bridgehead atoms. The van der Waals surface area contributed by atoms with Gasteiger partial charge in [0, 0.05) is 26.4 Å². The van der Waals surface area contributed by atoms with Gasteiger partial charge in [-0.1, -0.05) is 48.7 Å². The van der Waals surface area contributed by atoms with Crippen molar-refractivity contribution in [2.75, 3.05) is 6.61 Å². The minimum atomic E-state index is -1.70. The molecule has 1 heterocycles. The molecule has 0 aliphatic carbocycles. The van der Waals surface area contributed by atoms with E-state index in [2.05, 4.69) is 46.4 Å². The number of nitrogens with zero attached hydrogens (tertiary/aromatic N) is 1. The number of nitrogens with one attached hydrogen (secondary N) is 1. The molecule has 0 radical (unpaired) electrons. The van der Waals surface area contributed by atoms with E-state index in [1.165, 1.54) is 12.5 Å². The molecule has 28 heavy (non-hydrogen) atoms. The van der Waals surface area contributed by atoms with E-state index in [-0.39, 0.29) is 18.7 Å². The highest BCUT2D eigenvalue weighted by Gasteiger charge is 2.31. The lowest BCUT2D eigenvalue weighted by molar-refractivity contribution is -0.128.